The Labute approximate surface area is 221 Å². The minimum Gasteiger partial charge on any atom is -0.449 e. The smallest absolute Gasteiger partial charge is 0.412 e. The first-order valence-electron chi connectivity index (χ1n) is 12.0. The number of halogens is 1. The number of carbonyl (C=O) groups is 2. The van der Waals surface area contributed by atoms with E-state index in [0.717, 1.165) is 5.56 Å². The summed E-state index contributed by atoms with van der Waals surface area (Å²) in [7, 11) is 0. The number of rotatable bonds is 10. The van der Waals surface area contributed by atoms with Gasteiger partial charge in [-0.2, -0.15) is 4.98 Å². The van der Waals surface area contributed by atoms with Crippen molar-refractivity contribution in [3.8, 4) is 0 Å². The predicted molar refractivity (Wildman–Crippen MR) is 134 cm³/mol. The quantitative estimate of drug-likeness (QED) is 0.170. The van der Waals surface area contributed by atoms with Gasteiger partial charge >= 0.3 is 11.8 Å². The van der Waals surface area contributed by atoms with Gasteiger partial charge in [0.25, 0.3) is 5.69 Å². The largest absolute Gasteiger partial charge is 0.449 e. The third kappa shape index (κ3) is 7.07. The molecule has 1 aliphatic rings. The lowest BCUT2D eigenvalue weighted by atomic mass is 10.0. The van der Waals surface area contributed by atoms with E-state index in [1.807, 2.05) is 12.2 Å². The molecule has 0 radical (unpaired) electrons. The van der Waals surface area contributed by atoms with E-state index in [9.17, 15) is 39.1 Å². The second kappa shape index (κ2) is 12.6. The number of hydrogen-bond acceptors (Lipinski definition) is 11. The molecular formula is C24H28FN5O9. The first kappa shape index (κ1) is 29.5. The minimum absolute atomic E-state index is 0.0551. The number of hydrogen-bond donors (Lipinski definition) is 3. The average Bonchev–Trinajstić information content (AvgIpc) is 3.15. The van der Waals surface area contributed by atoms with E-state index in [1.54, 1.807) is 13.0 Å². The zero-order valence-corrected chi connectivity index (χ0v) is 21.4. The lowest BCUT2D eigenvalue weighted by Crippen LogP contribution is -2.36. The summed E-state index contributed by atoms with van der Waals surface area (Å²) in [6, 6.07) is 4.39. The monoisotopic (exact) mass is 549 g/mol. The first-order chi connectivity index (χ1) is 18.4. The number of nitro groups is 1. The van der Waals surface area contributed by atoms with Crippen LogP contribution in [0.1, 0.15) is 49.3 Å². The van der Waals surface area contributed by atoms with E-state index >= 15 is 0 Å². The molecule has 3 rings (SSSR count). The summed E-state index contributed by atoms with van der Waals surface area (Å²) < 4.78 is 25.3. The molecule has 1 fully saturated rings. The van der Waals surface area contributed by atoms with E-state index in [2.05, 4.69) is 9.98 Å². The van der Waals surface area contributed by atoms with Crippen molar-refractivity contribution in [2.45, 2.75) is 58.2 Å². The standard InChI is InChI=1S/C24H28FN5O9/c1-4-14-5-6-15(17(9-14)30(36)37)18(31)10-26-12(2)7-8-38-24(35)28-21-16(25)11-29(23(34)27-21)22-20(33)19(32)13(3)39-22/h5-6,9,11,13,19-20,22,32-33H,4,7-8,10H2,1-3H3,(H,27,28,34,35)/t13-,19?,20+,22-/m1/s1. The number of nitro benzene ring substituents is 1. The van der Waals surface area contributed by atoms with E-state index in [4.69, 9.17) is 9.47 Å². The molecule has 1 aliphatic heterocycles. The van der Waals surface area contributed by atoms with Gasteiger partial charge in [-0.3, -0.25) is 29.8 Å². The van der Waals surface area contributed by atoms with E-state index in [-0.39, 0.29) is 30.8 Å². The number of aromatic nitrogens is 2. The Kier molecular flexibility index (Phi) is 9.56. The molecule has 3 N–H and O–H groups in total. The van der Waals surface area contributed by atoms with Gasteiger partial charge in [-0.1, -0.05) is 13.0 Å². The normalized spacial score (nSPS) is 21.0. The summed E-state index contributed by atoms with van der Waals surface area (Å²) in [5.74, 6) is -2.37. The van der Waals surface area contributed by atoms with Crippen LogP contribution in [0.2, 0.25) is 0 Å². The number of aliphatic hydroxyl groups is 2. The van der Waals surface area contributed by atoms with E-state index < -0.39 is 58.7 Å². The number of aliphatic imine (C=N–C) groups is 1. The number of ether oxygens (including phenoxy) is 2. The molecule has 1 saturated heterocycles. The van der Waals surface area contributed by atoms with Crippen LogP contribution >= 0.6 is 0 Å². The zero-order valence-electron chi connectivity index (χ0n) is 21.4. The topological polar surface area (TPSA) is 195 Å². The van der Waals surface area contributed by atoms with Crippen LogP contribution in [-0.2, 0) is 15.9 Å². The van der Waals surface area contributed by atoms with Crippen LogP contribution in [0.4, 0.5) is 20.7 Å². The predicted octanol–water partition coefficient (Wildman–Crippen LogP) is 1.77. The molecule has 0 bridgehead atoms. The van der Waals surface area contributed by atoms with Crippen molar-refractivity contribution in [2.75, 3.05) is 18.5 Å². The highest BCUT2D eigenvalue weighted by Crippen LogP contribution is 2.28. The van der Waals surface area contributed by atoms with Gasteiger partial charge in [0, 0.05) is 18.2 Å². The SMILES string of the molecule is CCc1ccc(C(=O)CN=C(C)CCOC(=O)Nc2nc(=O)n([C@@H]3O[C@H](C)C(O)[C@@H]3O)cc2F)c([N+](=O)[O-])c1. The molecule has 15 heteroatoms. The summed E-state index contributed by atoms with van der Waals surface area (Å²) in [6.07, 6.45) is -4.69. The van der Waals surface area contributed by atoms with Crippen LogP contribution < -0.4 is 11.0 Å². The van der Waals surface area contributed by atoms with Crippen molar-refractivity contribution in [1.29, 1.82) is 0 Å². The summed E-state index contributed by atoms with van der Waals surface area (Å²) in [4.78, 5) is 55.0. The van der Waals surface area contributed by atoms with Crippen molar-refractivity contribution in [3.05, 3.63) is 61.9 Å². The molecule has 0 aliphatic carbocycles. The summed E-state index contributed by atoms with van der Waals surface area (Å²) in [5.41, 5.74) is -0.252. The van der Waals surface area contributed by atoms with Crippen LogP contribution in [0.5, 0.6) is 0 Å². The second-order valence-corrected chi connectivity index (χ2v) is 8.79. The van der Waals surface area contributed by atoms with Crippen LogP contribution in [0.15, 0.2) is 34.2 Å². The fraction of sp³-hybridized carbons (Fsp3) is 0.458. The van der Waals surface area contributed by atoms with Crippen molar-refractivity contribution < 1.29 is 38.6 Å². The Bertz CT molecular complexity index is 1350. The van der Waals surface area contributed by atoms with Crippen LogP contribution in [0, 0.1) is 15.9 Å². The number of benzene rings is 1. The van der Waals surface area contributed by atoms with Crippen molar-refractivity contribution in [3.63, 3.8) is 0 Å². The molecule has 1 aromatic heterocycles. The summed E-state index contributed by atoms with van der Waals surface area (Å²) in [5, 5.41) is 33.1. The Morgan fingerprint density at radius 2 is 2.05 bits per heavy atom. The number of Topliss-reactive ketones (excluding diaryl/α,β-unsaturated/α-hetero) is 1. The molecule has 2 aromatic rings. The van der Waals surface area contributed by atoms with Gasteiger partial charge in [0.05, 0.1) is 29.4 Å². The summed E-state index contributed by atoms with van der Waals surface area (Å²) >= 11 is 0. The summed E-state index contributed by atoms with van der Waals surface area (Å²) in [6.45, 7) is 4.32. The number of aryl methyl sites for hydroxylation is 1. The van der Waals surface area contributed by atoms with Crippen LogP contribution in [0.3, 0.4) is 0 Å². The molecule has 1 aromatic carbocycles. The van der Waals surface area contributed by atoms with Gasteiger partial charge in [0.2, 0.25) is 0 Å². The number of ketones is 1. The van der Waals surface area contributed by atoms with Gasteiger partial charge in [0.1, 0.15) is 18.8 Å². The Hall–Kier alpha value is -4.08. The highest BCUT2D eigenvalue weighted by Gasteiger charge is 2.42. The van der Waals surface area contributed by atoms with Crippen molar-refractivity contribution in [2.24, 2.45) is 4.99 Å². The third-order valence-electron chi connectivity index (χ3n) is 6.04. The average molecular weight is 550 g/mol. The molecule has 14 nitrogen and oxygen atoms in total. The highest BCUT2D eigenvalue weighted by atomic mass is 19.1. The number of amides is 1. The molecule has 0 spiro atoms. The lowest BCUT2D eigenvalue weighted by Gasteiger charge is -2.17. The lowest BCUT2D eigenvalue weighted by molar-refractivity contribution is -0.385. The number of aliphatic hydroxyl groups excluding tert-OH is 2. The fourth-order valence-electron chi connectivity index (χ4n) is 3.75. The van der Waals surface area contributed by atoms with Gasteiger partial charge in [0.15, 0.2) is 23.6 Å². The molecule has 1 amide bonds. The number of carbonyl (C=O) groups excluding carboxylic acids is 2. The molecular weight excluding hydrogens is 521 g/mol. The maximum Gasteiger partial charge on any atom is 0.412 e. The fourth-order valence-corrected chi connectivity index (χ4v) is 3.75. The molecule has 2 heterocycles. The minimum atomic E-state index is -1.49. The van der Waals surface area contributed by atoms with E-state index in [0.29, 0.717) is 22.9 Å². The van der Waals surface area contributed by atoms with Gasteiger partial charge in [-0.05, 0) is 31.9 Å². The van der Waals surface area contributed by atoms with Crippen molar-refractivity contribution in [1.82, 2.24) is 9.55 Å². The molecule has 1 unspecified atom stereocenters. The molecule has 0 saturated carbocycles. The maximum absolute atomic E-state index is 14.5. The highest BCUT2D eigenvalue weighted by molar-refractivity contribution is 6.02. The van der Waals surface area contributed by atoms with Crippen LogP contribution in [-0.4, -0.2) is 73.7 Å². The number of anilines is 1. The zero-order chi connectivity index (χ0) is 28.9. The molecule has 39 heavy (non-hydrogen) atoms. The Balaban J connectivity index is 1.53. The molecule has 210 valence electrons. The maximum atomic E-state index is 14.5. The third-order valence-corrected chi connectivity index (χ3v) is 6.04. The molecule has 4 atom stereocenters. The van der Waals surface area contributed by atoms with Gasteiger partial charge < -0.3 is 19.7 Å². The van der Waals surface area contributed by atoms with Gasteiger partial charge in [-0.25, -0.2) is 14.0 Å². The second-order valence-electron chi connectivity index (χ2n) is 8.79. The number of nitrogens with one attached hydrogen (secondary N) is 1. The Morgan fingerprint density at radius 1 is 1.33 bits per heavy atom. The number of nitrogens with zero attached hydrogens (tertiary/aromatic N) is 4. The Morgan fingerprint density at radius 3 is 2.67 bits per heavy atom. The van der Waals surface area contributed by atoms with Crippen LogP contribution in [0.25, 0.3) is 0 Å². The van der Waals surface area contributed by atoms with Gasteiger partial charge in [-0.15, -0.1) is 0 Å². The first-order valence-corrected chi connectivity index (χ1v) is 12.0. The van der Waals surface area contributed by atoms with Crippen molar-refractivity contribution >= 4 is 29.1 Å². The van der Waals surface area contributed by atoms with E-state index in [1.165, 1.54) is 19.1 Å².